The van der Waals surface area contributed by atoms with Gasteiger partial charge in [0.25, 0.3) is 5.91 Å². The predicted octanol–water partition coefficient (Wildman–Crippen LogP) is 4.99. The SMILES string of the molecule is COc1ccccc1-c1cc(C2=CCCN(C(=O)CCn3ccnn3)C2)c(F)c2[nH]c(C(=O)N3CCN(c4c(C(F)(F)F)ncn4C)CC3)cc12. The van der Waals surface area contributed by atoms with Crippen LogP contribution in [0.1, 0.15) is 34.6 Å². The molecule has 51 heavy (non-hydrogen) atoms. The van der Waals surface area contributed by atoms with E-state index >= 15 is 4.39 Å². The molecule has 0 spiro atoms. The van der Waals surface area contributed by atoms with Crippen molar-refractivity contribution in [3.63, 3.8) is 0 Å². The molecule has 7 rings (SSSR count). The summed E-state index contributed by atoms with van der Waals surface area (Å²) in [5.41, 5.74) is 1.54. The maximum absolute atomic E-state index is 16.6. The molecule has 0 radical (unpaired) electrons. The molecule has 2 aromatic carbocycles. The number of rotatable bonds is 8. The van der Waals surface area contributed by atoms with Gasteiger partial charge in [-0.25, -0.2) is 9.37 Å². The fraction of sp³-hybridized carbons (Fsp3) is 0.343. The van der Waals surface area contributed by atoms with Gasteiger partial charge in [-0.3, -0.25) is 14.3 Å². The molecule has 3 aromatic heterocycles. The van der Waals surface area contributed by atoms with Crippen molar-refractivity contribution in [1.29, 1.82) is 0 Å². The lowest BCUT2D eigenvalue weighted by Gasteiger charge is -2.36. The summed E-state index contributed by atoms with van der Waals surface area (Å²) in [5.74, 6) is -0.555. The highest BCUT2D eigenvalue weighted by Crippen LogP contribution is 2.40. The molecule has 5 aromatic rings. The minimum atomic E-state index is -4.62. The third-order valence-corrected chi connectivity index (χ3v) is 9.40. The van der Waals surface area contributed by atoms with Crippen molar-refractivity contribution in [2.45, 2.75) is 25.6 Å². The van der Waals surface area contributed by atoms with Gasteiger partial charge in [0.15, 0.2) is 11.5 Å². The fourth-order valence-corrected chi connectivity index (χ4v) is 6.86. The van der Waals surface area contributed by atoms with Gasteiger partial charge in [0.1, 0.15) is 17.3 Å². The minimum Gasteiger partial charge on any atom is -0.496 e. The van der Waals surface area contributed by atoms with E-state index in [9.17, 15) is 22.8 Å². The molecule has 0 saturated carbocycles. The molecule has 0 unspecified atom stereocenters. The molecule has 1 fully saturated rings. The Morgan fingerprint density at radius 1 is 1.00 bits per heavy atom. The zero-order chi connectivity index (χ0) is 35.9. The highest BCUT2D eigenvalue weighted by Gasteiger charge is 2.40. The lowest BCUT2D eigenvalue weighted by atomic mass is 9.93. The number of nitrogens with one attached hydrogen (secondary N) is 1. The molecule has 2 aliphatic rings. The van der Waals surface area contributed by atoms with Crippen molar-refractivity contribution in [3.05, 3.63) is 84.0 Å². The van der Waals surface area contributed by atoms with Crippen LogP contribution in [-0.2, 0) is 24.6 Å². The van der Waals surface area contributed by atoms with Crippen molar-refractivity contribution in [2.24, 2.45) is 7.05 Å². The lowest BCUT2D eigenvalue weighted by molar-refractivity contribution is -0.140. The van der Waals surface area contributed by atoms with E-state index in [1.54, 1.807) is 57.1 Å². The predicted molar refractivity (Wildman–Crippen MR) is 180 cm³/mol. The third-order valence-electron chi connectivity index (χ3n) is 9.40. The Bertz CT molecular complexity index is 2110. The first-order chi connectivity index (χ1) is 24.5. The Balaban J connectivity index is 1.18. The van der Waals surface area contributed by atoms with Gasteiger partial charge in [-0.1, -0.05) is 29.5 Å². The average Bonchev–Trinajstić information content (AvgIpc) is 3.91. The highest BCUT2D eigenvalue weighted by atomic mass is 19.4. The number of imidazole rings is 1. The molecule has 16 heteroatoms. The number of aromatic amines is 1. The first-order valence-electron chi connectivity index (χ1n) is 16.5. The zero-order valence-electron chi connectivity index (χ0n) is 28.0. The van der Waals surface area contributed by atoms with E-state index in [4.69, 9.17) is 4.74 Å². The number of hydrogen-bond acceptors (Lipinski definition) is 7. The summed E-state index contributed by atoms with van der Waals surface area (Å²) in [5, 5.41) is 8.15. The van der Waals surface area contributed by atoms with E-state index in [0.29, 0.717) is 52.9 Å². The van der Waals surface area contributed by atoms with Gasteiger partial charge < -0.3 is 29.0 Å². The Morgan fingerprint density at radius 3 is 2.51 bits per heavy atom. The number of aromatic nitrogens is 6. The number of carbonyl (C=O) groups is 2. The number of benzene rings is 2. The number of aryl methyl sites for hydroxylation is 2. The Labute approximate surface area is 289 Å². The smallest absolute Gasteiger partial charge is 0.437 e. The van der Waals surface area contributed by atoms with E-state index in [1.807, 2.05) is 24.3 Å². The van der Waals surface area contributed by atoms with Gasteiger partial charge in [-0.05, 0) is 35.8 Å². The quantitative estimate of drug-likeness (QED) is 0.226. The third kappa shape index (κ3) is 6.53. The Hall–Kier alpha value is -5.67. The standard InChI is InChI=1S/C35H35F4N9O3/c1-44-21-40-32(35(37,38)39)33(44)45-14-16-46(17-15-45)34(50)27-19-26-25(23-7-3-4-8-28(23)51-2)18-24(30(36)31(26)42-27)22-6-5-11-47(20-22)29(49)9-12-48-13-10-41-43-48/h3-4,6-8,10,13,18-19,21,42H,5,9,11-12,14-17,20H2,1-2H3. The zero-order valence-corrected chi connectivity index (χ0v) is 28.0. The second-order valence-electron chi connectivity index (χ2n) is 12.5. The molecule has 2 amide bonds. The van der Waals surface area contributed by atoms with Crippen molar-refractivity contribution in [2.75, 3.05) is 51.3 Å². The first-order valence-corrected chi connectivity index (χ1v) is 16.5. The van der Waals surface area contributed by atoms with E-state index in [1.165, 1.54) is 11.6 Å². The number of alkyl halides is 3. The van der Waals surface area contributed by atoms with Crippen LogP contribution in [0.3, 0.4) is 0 Å². The molecule has 1 N–H and O–H groups in total. The molecule has 1 saturated heterocycles. The lowest BCUT2D eigenvalue weighted by Crippen LogP contribution is -2.49. The molecule has 12 nitrogen and oxygen atoms in total. The number of amides is 2. The number of piperazine rings is 1. The molecular formula is C35H35F4N9O3. The van der Waals surface area contributed by atoms with Crippen LogP contribution in [0.25, 0.3) is 27.6 Å². The van der Waals surface area contributed by atoms with Gasteiger partial charge in [0.2, 0.25) is 5.91 Å². The molecule has 5 heterocycles. The summed E-state index contributed by atoms with van der Waals surface area (Å²) in [7, 11) is 3.04. The van der Waals surface area contributed by atoms with Crippen LogP contribution in [0.5, 0.6) is 5.75 Å². The van der Waals surface area contributed by atoms with E-state index in [0.717, 1.165) is 6.33 Å². The van der Waals surface area contributed by atoms with Crippen molar-refractivity contribution in [3.8, 4) is 16.9 Å². The van der Waals surface area contributed by atoms with E-state index < -0.39 is 23.6 Å². The van der Waals surface area contributed by atoms with E-state index in [2.05, 4.69) is 20.3 Å². The van der Waals surface area contributed by atoms with Gasteiger partial charge >= 0.3 is 6.18 Å². The number of fused-ring (bicyclic) bond motifs is 1. The van der Waals surface area contributed by atoms with Gasteiger partial charge in [-0.2, -0.15) is 13.2 Å². The minimum absolute atomic E-state index is 0.0521. The second kappa shape index (κ2) is 13.6. The molecule has 0 atom stereocenters. The molecule has 266 valence electrons. The summed E-state index contributed by atoms with van der Waals surface area (Å²) in [6.45, 7) is 1.68. The summed E-state index contributed by atoms with van der Waals surface area (Å²) in [6.07, 6.45) is 2.42. The number of anilines is 1. The maximum atomic E-state index is 16.6. The Kier molecular flexibility index (Phi) is 8.99. The van der Waals surface area contributed by atoms with Crippen LogP contribution < -0.4 is 9.64 Å². The van der Waals surface area contributed by atoms with Crippen molar-refractivity contribution < 1.29 is 31.9 Å². The van der Waals surface area contributed by atoms with Crippen LogP contribution in [-0.4, -0.2) is 97.5 Å². The number of halogens is 4. The van der Waals surface area contributed by atoms with Crippen LogP contribution in [0.15, 0.2) is 61.2 Å². The number of ether oxygens (including phenoxy) is 1. The normalized spacial score (nSPS) is 15.4. The van der Waals surface area contributed by atoms with E-state index in [-0.39, 0.29) is 62.1 Å². The number of nitrogens with zero attached hydrogens (tertiary/aromatic N) is 8. The molecular weight excluding hydrogens is 670 g/mol. The monoisotopic (exact) mass is 705 g/mol. The van der Waals surface area contributed by atoms with Gasteiger partial charge in [0, 0.05) is 75.4 Å². The summed E-state index contributed by atoms with van der Waals surface area (Å²) in [4.78, 5) is 38.4. The van der Waals surface area contributed by atoms with Crippen LogP contribution in [0.4, 0.5) is 23.4 Å². The van der Waals surface area contributed by atoms with Gasteiger partial charge in [-0.15, -0.1) is 5.10 Å². The van der Waals surface area contributed by atoms with Crippen molar-refractivity contribution in [1.82, 2.24) is 39.3 Å². The Morgan fingerprint density at radius 2 is 1.78 bits per heavy atom. The first kappa shape index (κ1) is 33.8. The highest BCUT2D eigenvalue weighted by molar-refractivity contribution is 6.05. The number of para-hydroxylation sites is 1. The maximum Gasteiger partial charge on any atom is 0.437 e. The molecule has 2 aliphatic heterocycles. The van der Waals surface area contributed by atoms with Crippen LogP contribution >= 0.6 is 0 Å². The number of carbonyl (C=O) groups excluding carboxylic acids is 2. The molecule has 0 bridgehead atoms. The number of methoxy groups -OCH3 is 1. The topological polar surface area (TPSA) is 117 Å². The summed E-state index contributed by atoms with van der Waals surface area (Å²) >= 11 is 0. The average molecular weight is 706 g/mol. The number of hydrogen-bond donors (Lipinski definition) is 1. The van der Waals surface area contributed by atoms with Crippen molar-refractivity contribution >= 4 is 34.1 Å². The molecule has 0 aliphatic carbocycles. The summed E-state index contributed by atoms with van der Waals surface area (Å²) < 4.78 is 66.1. The largest absolute Gasteiger partial charge is 0.496 e. The van der Waals surface area contributed by atoms with Gasteiger partial charge in [0.05, 0.1) is 31.7 Å². The fourth-order valence-electron chi connectivity index (χ4n) is 6.86. The summed E-state index contributed by atoms with van der Waals surface area (Å²) in [6, 6.07) is 10.7. The second-order valence-corrected chi connectivity index (χ2v) is 12.5. The van der Waals surface area contributed by atoms with Crippen LogP contribution in [0.2, 0.25) is 0 Å². The van der Waals surface area contributed by atoms with Crippen LogP contribution in [0, 0.1) is 5.82 Å². The number of H-pyrrole nitrogens is 1.